The lowest BCUT2D eigenvalue weighted by molar-refractivity contribution is 0.203. The second kappa shape index (κ2) is 11.1. The van der Waals surface area contributed by atoms with Crippen LogP contribution in [0.1, 0.15) is 25.3 Å². The van der Waals surface area contributed by atoms with Crippen LogP contribution in [0.25, 0.3) is 0 Å². The maximum atomic E-state index is 13.9. The Morgan fingerprint density at radius 1 is 0.806 bits per heavy atom. The smallest absolute Gasteiger partial charge is 0.320 e. The Kier molecular flexibility index (Phi) is 8.50. The van der Waals surface area contributed by atoms with Gasteiger partial charge in [-0.3, -0.25) is 4.90 Å². The molecular weight excluding hydrogens is 474 g/mol. The summed E-state index contributed by atoms with van der Waals surface area (Å²) in [5.41, 5.74) is 1.91. The first kappa shape index (κ1) is 23.7. The molecule has 0 aliphatic rings. The average molecular weight is 496 g/mol. The van der Waals surface area contributed by atoms with Gasteiger partial charge in [-0.15, -0.1) is 0 Å². The van der Waals surface area contributed by atoms with E-state index in [2.05, 4.69) is 6.92 Å². The fourth-order valence-electron chi connectivity index (χ4n) is 3.19. The predicted octanol–water partition coefficient (Wildman–Crippen LogP) is 8.86. The quantitative estimate of drug-likeness (QED) is 0.321. The van der Waals surface area contributed by atoms with Gasteiger partial charge >= 0.3 is 6.03 Å². The Morgan fingerprint density at radius 3 is 1.87 bits per heavy atom. The van der Waals surface area contributed by atoms with E-state index in [1.54, 1.807) is 41.3 Å². The first-order valence-electron chi connectivity index (χ1n) is 9.93. The summed E-state index contributed by atoms with van der Waals surface area (Å²) in [6, 6.07) is 19.6. The second-order valence-electron chi connectivity index (χ2n) is 7.07. The number of anilines is 2. The van der Waals surface area contributed by atoms with Crippen LogP contribution in [0.15, 0.2) is 66.7 Å². The van der Waals surface area contributed by atoms with Crippen LogP contribution in [0.4, 0.5) is 16.2 Å². The Hall–Kier alpha value is -1.91. The number of unbranched alkanes of at least 4 members (excludes halogenated alkanes) is 1. The molecule has 3 aromatic rings. The molecule has 3 nitrogen and oxygen atoms in total. The molecule has 0 bridgehead atoms. The summed E-state index contributed by atoms with van der Waals surface area (Å²) < 4.78 is 0. The largest absolute Gasteiger partial charge is 0.329 e. The molecule has 0 radical (unpaired) electrons. The van der Waals surface area contributed by atoms with Crippen LogP contribution < -0.4 is 4.90 Å². The number of rotatable bonds is 7. The molecule has 0 spiro atoms. The summed E-state index contributed by atoms with van der Waals surface area (Å²) in [7, 11) is 0. The summed E-state index contributed by atoms with van der Waals surface area (Å²) in [6.07, 6.45) is 1.81. The Balaban J connectivity index is 2.10. The number of benzene rings is 3. The number of amides is 2. The molecule has 0 fully saturated rings. The minimum atomic E-state index is -0.259. The number of hydrogen-bond acceptors (Lipinski definition) is 1. The molecule has 0 N–H and O–H groups in total. The summed E-state index contributed by atoms with van der Waals surface area (Å²) in [5, 5.41) is 1.67. The summed E-state index contributed by atoms with van der Waals surface area (Å²) in [4.78, 5) is 17.2. The minimum absolute atomic E-state index is 0.259. The van der Waals surface area contributed by atoms with Crippen molar-refractivity contribution < 1.29 is 4.79 Å². The second-order valence-corrected chi connectivity index (χ2v) is 8.76. The number of urea groups is 1. The highest BCUT2D eigenvalue weighted by atomic mass is 35.5. The van der Waals surface area contributed by atoms with Crippen molar-refractivity contribution >= 4 is 63.8 Å². The maximum Gasteiger partial charge on any atom is 0.329 e. The van der Waals surface area contributed by atoms with E-state index < -0.39 is 0 Å². The molecule has 0 aromatic heterocycles. The predicted molar refractivity (Wildman–Crippen MR) is 132 cm³/mol. The first-order chi connectivity index (χ1) is 14.9. The number of nitrogens with zero attached hydrogens (tertiary/aromatic N) is 2. The van der Waals surface area contributed by atoms with Gasteiger partial charge in [0.15, 0.2) is 0 Å². The third-order valence-corrected chi connectivity index (χ3v) is 5.87. The number of hydrogen-bond donors (Lipinski definition) is 0. The van der Waals surface area contributed by atoms with E-state index in [4.69, 9.17) is 46.4 Å². The SMILES string of the molecule is CCCCN(Cc1ccccc1)C(=O)N(c1cc(Cl)ccc1Cl)c1cc(Cl)ccc1Cl. The zero-order chi connectivity index (χ0) is 22.4. The first-order valence-corrected chi connectivity index (χ1v) is 11.4. The van der Waals surface area contributed by atoms with Gasteiger partial charge in [0.1, 0.15) is 0 Å². The maximum absolute atomic E-state index is 13.9. The van der Waals surface area contributed by atoms with Crippen LogP contribution in [0, 0.1) is 0 Å². The van der Waals surface area contributed by atoms with Crippen molar-refractivity contribution in [3.8, 4) is 0 Å². The van der Waals surface area contributed by atoms with Gasteiger partial charge in [0.05, 0.1) is 21.4 Å². The standard InChI is InChI=1S/C24H22Cl4N2O/c1-2-3-13-29(16-17-7-5-4-6-8-17)24(31)30(22-14-18(25)9-11-20(22)27)23-15-19(26)10-12-21(23)28/h4-12,14-15H,2-3,13,16H2,1H3. The molecule has 0 atom stereocenters. The van der Waals surface area contributed by atoms with Gasteiger partial charge in [-0.2, -0.15) is 0 Å². The number of carbonyl (C=O) groups is 1. The molecule has 2 amide bonds. The topological polar surface area (TPSA) is 23.6 Å². The van der Waals surface area contributed by atoms with Crippen LogP contribution in [0.2, 0.25) is 20.1 Å². The van der Waals surface area contributed by atoms with Crippen molar-refractivity contribution in [3.63, 3.8) is 0 Å². The van der Waals surface area contributed by atoms with Crippen molar-refractivity contribution in [2.75, 3.05) is 11.4 Å². The van der Waals surface area contributed by atoms with Crippen molar-refractivity contribution in [2.45, 2.75) is 26.3 Å². The molecule has 0 unspecified atom stereocenters. The Morgan fingerprint density at radius 2 is 1.35 bits per heavy atom. The van der Waals surface area contributed by atoms with Gasteiger partial charge in [0, 0.05) is 23.1 Å². The molecule has 0 saturated heterocycles. The van der Waals surface area contributed by atoms with Crippen molar-refractivity contribution in [1.29, 1.82) is 0 Å². The van der Waals surface area contributed by atoms with E-state index >= 15 is 0 Å². The van der Waals surface area contributed by atoms with E-state index in [1.807, 2.05) is 30.3 Å². The van der Waals surface area contributed by atoms with Crippen LogP contribution in [-0.2, 0) is 6.54 Å². The van der Waals surface area contributed by atoms with Crippen molar-refractivity contribution in [2.24, 2.45) is 0 Å². The molecule has 162 valence electrons. The summed E-state index contributed by atoms with van der Waals surface area (Å²) in [6.45, 7) is 3.12. The highest BCUT2D eigenvalue weighted by molar-refractivity contribution is 6.38. The van der Waals surface area contributed by atoms with Crippen molar-refractivity contribution in [3.05, 3.63) is 92.4 Å². The highest BCUT2D eigenvalue weighted by Gasteiger charge is 2.28. The molecule has 7 heteroatoms. The highest BCUT2D eigenvalue weighted by Crippen LogP contribution is 2.39. The van der Waals surface area contributed by atoms with Crippen molar-refractivity contribution in [1.82, 2.24) is 4.90 Å². The molecule has 31 heavy (non-hydrogen) atoms. The zero-order valence-electron chi connectivity index (χ0n) is 17.0. The molecule has 0 saturated carbocycles. The molecule has 0 heterocycles. The van der Waals surface area contributed by atoms with E-state index in [1.165, 1.54) is 4.90 Å². The summed E-state index contributed by atoms with van der Waals surface area (Å²) in [5.74, 6) is 0. The van der Waals surface area contributed by atoms with Gasteiger partial charge in [-0.25, -0.2) is 4.79 Å². The van der Waals surface area contributed by atoms with Crippen LogP contribution in [-0.4, -0.2) is 17.5 Å². The van der Waals surface area contributed by atoms with E-state index in [0.29, 0.717) is 44.6 Å². The lowest BCUT2D eigenvalue weighted by Crippen LogP contribution is -2.41. The molecule has 3 rings (SSSR count). The van der Waals surface area contributed by atoms with Gasteiger partial charge in [0.2, 0.25) is 0 Å². The van der Waals surface area contributed by atoms with E-state index in [9.17, 15) is 4.79 Å². The fourth-order valence-corrected chi connectivity index (χ4v) is 3.92. The molecule has 0 aliphatic heterocycles. The monoisotopic (exact) mass is 494 g/mol. The average Bonchev–Trinajstić information content (AvgIpc) is 2.76. The lowest BCUT2D eigenvalue weighted by atomic mass is 10.2. The van der Waals surface area contributed by atoms with Gasteiger partial charge in [0.25, 0.3) is 0 Å². The lowest BCUT2D eigenvalue weighted by Gasteiger charge is -2.32. The third kappa shape index (κ3) is 6.08. The van der Waals surface area contributed by atoms with Gasteiger partial charge in [-0.1, -0.05) is 90.1 Å². The molecular formula is C24H22Cl4N2O. The van der Waals surface area contributed by atoms with Gasteiger partial charge < -0.3 is 4.90 Å². The Bertz CT molecular complexity index is 992. The van der Waals surface area contributed by atoms with Gasteiger partial charge in [-0.05, 0) is 48.4 Å². The molecule has 0 aliphatic carbocycles. The molecule has 3 aromatic carbocycles. The third-order valence-electron chi connectivity index (χ3n) is 4.76. The van der Waals surface area contributed by atoms with E-state index in [-0.39, 0.29) is 6.03 Å². The summed E-state index contributed by atoms with van der Waals surface area (Å²) >= 11 is 25.5. The van der Waals surface area contributed by atoms with Crippen LogP contribution in [0.3, 0.4) is 0 Å². The zero-order valence-corrected chi connectivity index (χ0v) is 20.0. The fraction of sp³-hybridized carbons (Fsp3) is 0.208. The normalized spacial score (nSPS) is 10.7. The van der Waals surface area contributed by atoms with Crippen LogP contribution >= 0.6 is 46.4 Å². The number of carbonyl (C=O) groups excluding carboxylic acids is 1. The number of halogens is 4. The minimum Gasteiger partial charge on any atom is -0.320 e. The van der Waals surface area contributed by atoms with Crippen LogP contribution in [0.5, 0.6) is 0 Å². The Labute approximate surface area is 203 Å². The van der Waals surface area contributed by atoms with E-state index in [0.717, 1.165) is 18.4 Å².